The molecule has 0 spiro atoms. The van der Waals surface area contributed by atoms with Gasteiger partial charge in [0.15, 0.2) is 0 Å². The molecule has 0 atom stereocenters. The van der Waals surface area contributed by atoms with Gasteiger partial charge >= 0.3 is 0 Å². The summed E-state index contributed by atoms with van der Waals surface area (Å²) in [6.45, 7) is 30.8. The van der Waals surface area contributed by atoms with Gasteiger partial charge in [-0.3, -0.25) is 0 Å². The van der Waals surface area contributed by atoms with Crippen molar-refractivity contribution in [2.75, 3.05) is 0 Å². The lowest BCUT2D eigenvalue weighted by Crippen LogP contribution is -2.12. The molecule has 11 rings (SSSR count). The van der Waals surface area contributed by atoms with E-state index in [0.29, 0.717) is 11.8 Å². The van der Waals surface area contributed by atoms with Crippen molar-refractivity contribution in [2.24, 2.45) is 0 Å². The van der Waals surface area contributed by atoms with Crippen molar-refractivity contribution in [3.63, 3.8) is 0 Å². The Morgan fingerprint density at radius 2 is 0.741 bits per heavy atom. The highest BCUT2D eigenvalue weighted by Crippen LogP contribution is 2.56. The van der Waals surface area contributed by atoms with Gasteiger partial charge in [0.2, 0.25) is 0 Å². The third-order valence-electron chi connectivity index (χ3n) is 14.2. The van der Waals surface area contributed by atoms with Crippen molar-refractivity contribution >= 4 is 86.2 Å². The average molecular weight is 753 g/mol. The molecule has 0 saturated carbocycles. The van der Waals surface area contributed by atoms with E-state index in [1.54, 1.807) is 0 Å². The Morgan fingerprint density at radius 1 is 0.293 bits per heavy atom. The molecule has 10 aromatic carbocycles. The van der Waals surface area contributed by atoms with Gasteiger partial charge in [0.1, 0.15) is 0 Å². The van der Waals surface area contributed by atoms with E-state index < -0.39 is 0 Å². The first-order chi connectivity index (χ1) is 27.3. The summed E-state index contributed by atoms with van der Waals surface area (Å²) in [6.07, 6.45) is 0. The molecule has 0 heteroatoms. The third kappa shape index (κ3) is 4.70. The van der Waals surface area contributed by atoms with Crippen molar-refractivity contribution in [3.8, 4) is 22.3 Å². The molecule has 0 radical (unpaired) electrons. The van der Waals surface area contributed by atoms with Crippen LogP contribution < -0.4 is 0 Å². The first kappa shape index (κ1) is 35.9. The Labute approximate surface area is 343 Å². The molecule has 288 valence electrons. The summed E-state index contributed by atoms with van der Waals surface area (Å²) in [5, 5.41) is 22.6. The van der Waals surface area contributed by atoms with Gasteiger partial charge in [0.05, 0.1) is 0 Å². The zero-order valence-corrected chi connectivity index (χ0v) is 36.8. The Hall–Kier alpha value is -5.20. The largest absolute Gasteiger partial charge is 0.0586 e. The molecule has 0 amide bonds. The fourth-order valence-corrected chi connectivity index (χ4v) is 11.2. The number of hydrogen-bond donors (Lipinski definition) is 0. The number of fused-ring (bicyclic) bond motifs is 11. The highest BCUT2D eigenvalue weighted by atomic mass is 14.3. The fourth-order valence-electron chi connectivity index (χ4n) is 11.2. The lowest BCUT2D eigenvalue weighted by molar-refractivity contribution is 0.590. The SMILES string of the molecule is CC(C)c1c2cc3c(cc2c(C(C)C)c2c4cc(C(C)(C)C)cc5cc(C(C)(C)C)cc(c12)c54)c1ccc2c4c(ccc3c41)-c1cc3ccc(C(C)(C)C)cc3cc1-2. The molecule has 1 aliphatic carbocycles. The summed E-state index contributed by atoms with van der Waals surface area (Å²) in [5.41, 5.74) is 12.9. The van der Waals surface area contributed by atoms with Gasteiger partial charge in [0.25, 0.3) is 0 Å². The minimum absolute atomic E-state index is 0.0372. The summed E-state index contributed by atoms with van der Waals surface area (Å²) < 4.78 is 0. The summed E-state index contributed by atoms with van der Waals surface area (Å²) in [6, 6.07) is 37.1. The summed E-state index contributed by atoms with van der Waals surface area (Å²) in [4.78, 5) is 0. The standard InChI is InChI=1S/C58H56/c1-29(2)49-45-27-43-39-18-16-37-41-23-31-14-15-34(56(5,6)7)20-32(31)24-42(41)38-17-19-40(53(39)52(37)38)44(43)28-46(45)50(30(3)4)55-48-26-36(58(11,12)13)22-33-21-35(57(8,9)10)25-47(51(33)48)54(49)55/h14-30H,1-13H3. The maximum Gasteiger partial charge on any atom is -0.00139 e. The molecule has 0 heterocycles. The molecule has 0 unspecified atom stereocenters. The zero-order chi connectivity index (χ0) is 40.7. The molecule has 0 N–H and O–H groups in total. The number of hydrogen-bond acceptors (Lipinski definition) is 0. The molecule has 0 saturated heterocycles. The van der Waals surface area contributed by atoms with Gasteiger partial charge in [-0.15, -0.1) is 0 Å². The van der Waals surface area contributed by atoms with Gasteiger partial charge in [-0.25, -0.2) is 0 Å². The predicted octanol–water partition coefficient (Wildman–Crippen LogP) is 17.6. The van der Waals surface area contributed by atoms with Crippen molar-refractivity contribution in [3.05, 3.63) is 119 Å². The van der Waals surface area contributed by atoms with Gasteiger partial charge in [0, 0.05) is 0 Å². The summed E-state index contributed by atoms with van der Waals surface area (Å²) >= 11 is 0. The van der Waals surface area contributed by atoms with Crippen molar-refractivity contribution in [2.45, 2.75) is 118 Å². The van der Waals surface area contributed by atoms with Gasteiger partial charge < -0.3 is 0 Å². The second kappa shape index (κ2) is 11.3. The molecular formula is C58H56. The zero-order valence-electron chi connectivity index (χ0n) is 36.8. The van der Waals surface area contributed by atoms with Crippen LogP contribution in [0.1, 0.15) is 130 Å². The van der Waals surface area contributed by atoms with Crippen molar-refractivity contribution in [1.82, 2.24) is 0 Å². The molecule has 1 aliphatic rings. The van der Waals surface area contributed by atoms with Crippen LogP contribution in [-0.2, 0) is 16.2 Å². The van der Waals surface area contributed by atoms with E-state index in [2.05, 4.69) is 181 Å². The van der Waals surface area contributed by atoms with E-state index in [4.69, 9.17) is 0 Å². The molecule has 0 aliphatic heterocycles. The van der Waals surface area contributed by atoms with E-state index in [1.807, 2.05) is 0 Å². The Bertz CT molecular complexity index is 3280. The van der Waals surface area contributed by atoms with Crippen LogP contribution in [0.2, 0.25) is 0 Å². The molecule has 0 nitrogen and oxygen atoms in total. The van der Waals surface area contributed by atoms with Crippen LogP contribution in [0.5, 0.6) is 0 Å². The maximum absolute atomic E-state index is 2.61. The minimum Gasteiger partial charge on any atom is -0.0586 e. The summed E-state index contributed by atoms with van der Waals surface area (Å²) in [7, 11) is 0. The molecule has 0 bridgehead atoms. The fraction of sp³-hybridized carbons (Fsp3) is 0.310. The molecule has 0 fully saturated rings. The van der Waals surface area contributed by atoms with Crippen LogP contribution in [0, 0.1) is 0 Å². The number of rotatable bonds is 2. The van der Waals surface area contributed by atoms with E-state index in [9.17, 15) is 0 Å². The van der Waals surface area contributed by atoms with E-state index >= 15 is 0 Å². The first-order valence-electron chi connectivity index (χ1n) is 21.8. The van der Waals surface area contributed by atoms with Gasteiger partial charge in [-0.05, 0) is 201 Å². The first-order valence-corrected chi connectivity index (χ1v) is 21.8. The van der Waals surface area contributed by atoms with E-state index in [1.165, 1.54) is 136 Å². The minimum atomic E-state index is 0.0372. The maximum atomic E-state index is 2.61. The Morgan fingerprint density at radius 3 is 1.19 bits per heavy atom. The van der Waals surface area contributed by atoms with Crippen molar-refractivity contribution < 1.29 is 0 Å². The average Bonchev–Trinajstić information content (AvgIpc) is 3.75. The molecule has 0 aromatic heterocycles. The van der Waals surface area contributed by atoms with Crippen molar-refractivity contribution in [1.29, 1.82) is 0 Å². The third-order valence-corrected chi connectivity index (χ3v) is 14.2. The predicted molar refractivity (Wildman–Crippen MR) is 258 cm³/mol. The van der Waals surface area contributed by atoms with E-state index in [-0.39, 0.29) is 16.2 Å². The van der Waals surface area contributed by atoms with Crippen LogP contribution >= 0.6 is 0 Å². The Kier molecular flexibility index (Phi) is 6.99. The van der Waals surface area contributed by atoms with Crippen LogP contribution in [0.25, 0.3) is 108 Å². The smallest absolute Gasteiger partial charge is 0.00139 e. The lowest BCUT2D eigenvalue weighted by atomic mass is 9.82. The highest BCUT2D eigenvalue weighted by molar-refractivity contribution is 6.39. The molecule has 10 aromatic rings. The van der Waals surface area contributed by atoms with Crippen LogP contribution in [0.15, 0.2) is 91.0 Å². The van der Waals surface area contributed by atoms with Crippen LogP contribution in [-0.4, -0.2) is 0 Å². The molecular weight excluding hydrogens is 697 g/mol. The highest BCUT2D eigenvalue weighted by Gasteiger charge is 2.30. The number of benzene rings is 8. The van der Waals surface area contributed by atoms with Gasteiger partial charge in [-0.2, -0.15) is 0 Å². The summed E-state index contributed by atoms with van der Waals surface area (Å²) in [5.74, 6) is 0.699. The van der Waals surface area contributed by atoms with E-state index in [0.717, 1.165) is 0 Å². The second-order valence-corrected chi connectivity index (χ2v) is 21.8. The Balaban J connectivity index is 1.28. The quantitative estimate of drug-likeness (QED) is 0.165. The lowest BCUT2D eigenvalue weighted by Gasteiger charge is -2.22. The van der Waals surface area contributed by atoms with Crippen LogP contribution in [0.4, 0.5) is 0 Å². The topological polar surface area (TPSA) is 0 Å². The van der Waals surface area contributed by atoms with Crippen LogP contribution in [0.3, 0.4) is 0 Å². The van der Waals surface area contributed by atoms with Gasteiger partial charge in [-0.1, -0.05) is 145 Å². The molecule has 58 heavy (non-hydrogen) atoms. The normalized spacial score (nSPS) is 13.9. The second-order valence-electron chi connectivity index (χ2n) is 21.8. The monoisotopic (exact) mass is 752 g/mol.